The summed E-state index contributed by atoms with van der Waals surface area (Å²) in [5.74, 6) is 1.23. The van der Waals surface area contributed by atoms with E-state index in [0.29, 0.717) is 17.0 Å². The van der Waals surface area contributed by atoms with Crippen molar-refractivity contribution in [3.63, 3.8) is 0 Å². The molecule has 0 spiro atoms. The molecule has 5 rings (SSSR count). The molecule has 0 saturated carbocycles. The third-order valence-corrected chi connectivity index (χ3v) is 6.64. The third kappa shape index (κ3) is 5.05. The quantitative estimate of drug-likeness (QED) is 0.413. The molecule has 0 aromatic carbocycles. The first-order chi connectivity index (χ1) is 17.4. The lowest BCUT2D eigenvalue weighted by Crippen LogP contribution is -2.45. The van der Waals surface area contributed by atoms with Gasteiger partial charge in [-0.2, -0.15) is 0 Å². The molecule has 0 unspecified atom stereocenters. The van der Waals surface area contributed by atoms with Crippen molar-refractivity contribution in [2.75, 3.05) is 38.0 Å². The summed E-state index contributed by atoms with van der Waals surface area (Å²) in [5, 5.41) is 3.10. The van der Waals surface area contributed by atoms with E-state index in [1.54, 1.807) is 6.20 Å². The summed E-state index contributed by atoms with van der Waals surface area (Å²) in [6.45, 7) is 14.6. The number of imidazole rings is 1. The SMILES string of the molecule is CCN1CCN(Cc2ccc(Nc3ncc(F)c(-c4cnc5nc(C)n(C(C)C)c5c4)n3)nc2)CC1. The number of likely N-dealkylation sites (N-methyl/N-ethyl adjacent to an activating group) is 1. The van der Waals surface area contributed by atoms with Crippen LogP contribution >= 0.6 is 0 Å². The number of aryl methyl sites for hydroxylation is 1. The molecular weight excluding hydrogens is 457 g/mol. The normalized spacial score (nSPS) is 15.2. The Morgan fingerprint density at radius 2 is 1.75 bits per heavy atom. The maximum absolute atomic E-state index is 14.8. The monoisotopic (exact) mass is 489 g/mol. The van der Waals surface area contributed by atoms with Gasteiger partial charge in [0, 0.05) is 56.7 Å². The predicted molar refractivity (Wildman–Crippen MR) is 139 cm³/mol. The Kier molecular flexibility index (Phi) is 6.88. The van der Waals surface area contributed by atoms with Gasteiger partial charge in [0.15, 0.2) is 11.5 Å². The minimum Gasteiger partial charge on any atom is -0.324 e. The van der Waals surface area contributed by atoms with Crippen LogP contribution in [0.5, 0.6) is 0 Å². The Hall–Kier alpha value is -3.50. The second-order valence-electron chi connectivity index (χ2n) is 9.47. The molecule has 1 fully saturated rings. The Bertz CT molecular complexity index is 1340. The topological polar surface area (TPSA) is 87.9 Å². The van der Waals surface area contributed by atoms with Gasteiger partial charge >= 0.3 is 0 Å². The molecule has 0 aliphatic carbocycles. The highest BCUT2D eigenvalue weighted by atomic mass is 19.1. The number of hydrogen-bond acceptors (Lipinski definition) is 8. The zero-order valence-electron chi connectivity index (χ0n) is 21.2. The van der Waals surface area contributed by atoms with Crippen LogP contribution in [0, 0.1) is 12.7 Å². The Labute approximate surface area is 210 Å². The average molecular weight is 490 g/mol. The Morgan fingerprint density at radius 3 is 2.44 bits per heavy atom. The average Bonchev–Trinajstić information content (AvgIpc) is 3.22. The lowest BCUT2D eigenvalue weighted by Gasteiger charge is -2.33. The molecule has 5 heterocycles. The number of anilines is 2. The molecule has 0 amide bonds. The van der Waals surface area contributed by atoms with Crippen molar-refractivity contribution in [3.05, 3.63) is 54.0 Å². The number of pyridine rings is 2. The number of hydrogen-bond donors (Lipinski definition) is 1. The summed E-state index contributed by atoms with van der Waals surface area (Å²) in [5.41, 5.74) is 3.38. The van der Waals surface area contributed by atoms with E-state index in [1.807, 2.05) is 25.3 Å². The molecule has 9 nitrogen and oxygen atoms in total. The molecule has 1 aliphatic heterocycles. The van der Waals surface area contributed by atoms with E-state index in [-0.39, 0.29) is 17.7 Å². The van der Waals surface area contributed by atoms with Crippen LogP contribution in [0.4, 0.5) is 16.2 Å². The number of aromatic nitrogens is 6. The minimum atomic E-state index is -0.513. The highest BCUT2D eigenvalue weighted by molar-refractivity contribution is 5.78. The number of rotatable bonds is 7. The number of nitrogens with zero attached hydrogens (tertiary/aromatic N) is 8. The molecule has 188 valence electrons. The Balaban J connectivity index is 1.32. The molecule has 0 radical (unpaired) electrons. The van der Waals surface area contributed by atoms with Crippen LogP contribution in [0.3, 0.4) is 0 Å². The van der Waals surface area contributed by atoms with E-state index in [2.05, 4.69) is 71.4 Å². The van der Waals surface area contributed by atoms with Crippen LogP contribution in [0.25, 0.3) is 22.4 Å². The summed E-state index contributed by atoms with van der Waals surface area (Å²) in [4.78, 5) is 26.9. The maximum Gasteiger partial charge on any atom is 0.229 e. The summed E-state index contributed by atoms with van der Waals surface area (Å²) in [6, 6.07) is 6.04. The van der Waals surface area contributed by atoms with E-state index >= 15 is 0 Å². The summed E-state index contributed by atoms with van der Waals surface area (Å²) in [6.07, 6.45) is 4.64. The van der Waals surface area contributed by atoms with Crippen molar-refractivity contribution in [3.8, 4) is 11.3 Å². The molecule has 0 atom stereocenters. The molecular formula is C26H32FN9. The minimum absolute atomic E-state index is 0.180. The zero-order valence-corrected chi connectivity index (χ0v) is 21.2. The van der Waals surface area contributed by atoms with Crippen molar-refractivity contribution in [1.82, 2.24) is 39.3 Å². The second-order valence-corrected chi connectivity index (χ2v) is 9.47. The van der Waals surface area contributed by atoms with E-state index in [0.717, 1.165) is 56.2 Å². The van der Waals surface area contributed by atoms with Gasteiger partial charge < -0.3 is 14.8 Å². The molecule has 1 saturated heterocycles. The van der Waals surface area contributed by atoms with Crippen LogP contribution in [0.2, 0.25) is 0 Å². The number of halogens is 1. The number of nitrogens with one attached hydrogen (secondary N) is 1. The smallest absolute Gasteiger partial charge is 0.229 e. The largest absolute Gasteiger partial charge is 0.324 e. The fourth-order valence-corrected chi connectivity index (χ4v) is 4.73. The first-order valence-electron chi connectivity index (χ1n) is 12.5. The first kappa shape index (κ1) is 24.2. The van der Waals surface area contributed by atoms with Crippen LogP contribution in [-0.4, -0.2) is 72.0 Å². The standard InChI is InChI=1S/C26H32FN9/c1-5-34-8-10-35(11-9-34)16-19-6-7-23(28-13-19)32-26-30-15-21(27)24(33-26)20-12-22-25(29-14-20)31-18(4)36(22)17(2)3/h6-7,12-15,17H,5,8-11,16H2,1-4H3,(H,28,30,32,33). The lowest BCUT2D eigenvalue weighted by molar-refractivity contribution is 0.132. The van der Waals surface area contributed by atoms with Crippen LogP contribution < -0.4 is 5.32 Å². The van der Waals surface area contributed by atoms with Crippen molar-refractivity contribution in [2.24, 2.45) is 0 Å². The van der Waals surface area contributed by atoms with Gasteiger partial charge in [0.25, 0.3) is 0 Å². The summed E-state index contributed by atoms with van der Waals surface area (Å²) < 4.78 is 16.8. The van der Waals surface area contributed by atoms with Gasteiger partial charge in [-0.1, -0.05) is 13.0 Å². The number of piperazine rings is 1. The van der Waals surface area contributed by atoms with Crippen molar-refractivity contribution >= 4 is 22.9 Å². The zero-order chi connectivity index (χ0) is 25.2. The molecule has 10 heteroatoms. The highest BCUT2D eigenvalue weighted by Gasteiger charge is 2.17. The van der Waals surface area contributed by atoms with Crippen LogP contribution in [0.1, 0.15) is 38.2 Å². The van der Waals surface area contributed by atoms with E-state index in [4.69, 9.17) is 0 Å². The lowest BCUT2D eigenvalue weighted by atomic mass is 10.2. The summed E-state index contributed by atoms with van der Waals surface area (Å²) in [7, 11) is 0. The second kappa shape index (κ2) is 10.2. The van der Waals surface area contributed by atoms with E-state index in [9.17, 15) is 4.39 Å². The first-order valence-corrected chi connectivity index (χ1v) is 12.5. The fourth-order valence-electron chi connectivity index (χ4n) is 4.73. The van der Waals surface area contributed by atoms with Gasteiger partial charge in [-0.05, 0) is 45.0 Å². The molecule has 1 aliphatic rings. The van der Waals surface area contributed by atoms with Crippen LogP contribution in [0.15, 0.2) is 36.8 Å². The van der Waals surface area contributed by atoms with Crippen molar-refractivity contribution < 1.29 is 4.39 Å². The van der Waals surface area contributed by atoms with E-state index in [1.165, 1.54) is 6.20 Å². The summed E-state index contributed by atoms with van der Waals surface area (Å²) >= 11 is 0. The van der Waals surface area contributed by atoms with E-state index < -0.39 is 5.82 Å². The maximum atomic E-state index is 14.8. The predicted octanol–water partition coefficient (Wildman–Crippen LogP) is 4.19. The molecule has 36 heavy (non-hydrogen) atoms. The van der Waals surface area contributed by atoms with Crippen molar-refractivity contribution in [2.45, 2.75) is 40.3 Å². The van der Waals surface area contributed by atoms with Gasteiger partial charge in [0.05, 0.1) is 11.7 Å². The van der Waals surface area contributed by atoms with Crippen LogP contribution in [-0.2, 0) is 6.54 Å². The van der Waals surface area contributed by atoms with Gasteiger partial charge in [0.1, 0.15) is 17.3 Å². The van der Waals surface area contributed by atoms with Gasteiger partial charge in [0.2, 0.25) is 5.95 Å². The highest BCUT2D eigenvalue weighted by Crippen LogP contribution is 2.27. The van der Waals surface area contributed by atoms with Crippen molar-refractivity contribution in [1.29, 1.82) is 0 Å². The molecule has 0 bridgehead atoms. The molecule has 1 N–H and O–H groups in total. The van der Waals surface area contributed by atoms with Gasteiger partial charge in [-0.3, -0.25) is 4.90 Å². The fraction of sp³-hybridized carbons (Fsp3) is 0.423. The van der Waals surface area contributed by atoms with Gasteiger partial charge in [-0.25, -0.2) is 29.3 Å². The van der Waals surface area contributed by atoms with Gasteiger partial charge in [-0.15, -0.1) is 0 Å². The Morgan fingerprint density at radius 1 is 0.972 bits per heavy atom. The molecule has 4 aromatic heterocycles. The third-order valence-electron chi connectivity index (χ3n) is 6.64. The molecule has 4 aromatic rings. The number of fused-ring (bicyclic) bond motifs is 1.